The number of ether oxygens (including phenoxy) is 2. The van der Waals surface area contributed by atoms with Gasteiger partial charge in [0.2, 0.25) is 5.91 Å². The van der Waals surface area contributed by atoms with Gasteiger partial charge >= 0.3 is 0 Å². The minimum absolute atomic E-state index is 0.578. The lowest BCUT2D eigenvalue weighted by Crippen LogP contribution is -2.69. The van der Waals surface area contributed by atoms with E-state index in [1.165, 1.54) is 0 Å². The number of aliphatic hydroxyl groups is 9. The molecule has 2 heterocycles. The molecule has 0 aromatic heterocycles. The van der Waals surface area contributed by atoms with Crippen LogP contribution in [0.2, 0.25) is 0 Å². The molecule has 0 saturated carbocycles. The molecule has 0 aromatic rings. The summed E-state index contributed by atoms with van der Waals surface area (Å²) in [6.07, 6.45) is -12.8. The summed E-state index contributed by atoms with van der Waals surface area (Å²) in [6, 6.07) is -1.27. The van der Waals surface area contributed by atoms with Gasteiger partial charge in [0.25, 0.3) is 0 Å². The van der Waals surface area contributed by atoms with E-state index in [9.17, 15) is 40.5 Å². The standard InChI is InChI=1S/C17H31NO12/c1-7(21)18-11-8(22)2-17(28,30-14(11)12(24)9(23)3-19)5-16(27)6-29-10(4-20)13(25)15(16)26/h8-15,19-20,22-28H,2-6H2,1H3,(H,18,21)/t8-,9+,10+,11+,12+,13-,14+,15-,16-,17-/m0/s1. The fourth-order valence-electron chi connectivity index (χ4n) is 3.93. The fourth-order valence-corrected chi connectivity index (χ4v) is 3.93. The molecule has 0 spiro atoms. The summed E-state index contributed by atoms with van der Waals surface area (Å²) < 4.78 is 10.6. The molecule has 2 aliphatic rings. The van der Waals surface area contributed by atoms with Crippen molar-refractivity contribution in [3.63, 3.8) is 0 Å². The Hall–Kier alpha value is -0.970. The number of amides is 1. The van der Waals surface area contributed by atoms with E-state index in [1.807, 2.05) is 0 Å². The van der Waals surface area contributed by atoms with Gasteiger partial charge in [-0.05, 0) is 0 Å². The maximum Gasteiger partial charge on any atom is 0.217 e. The van der Waals surface area contributed by atoms with Crippen molar-refractivity contribution in [1.29, 1.82) is 0 Å². The first-order valence-electron chi connectivity index (χ1n) is 9.51. The second kappa shape index (κ2) is 9.67. The van der Waals surface area contributed by atoms with Crippen molar-refractivity contribution in [2.45, 2.75) is 79.9 Å². The highest BCUT2D eigenvalue weighted by atomic mass is 16.6. The van der Waals surface area contributed by atoms with E-state index >= 15 is 0 Å². The Labute approximate surface area is 172 Å². The lowest BCUT2D eigenvalue weighted by Gasteiger charge is -2.51. The van der Waals surface area contributed by atoms with Crippen molar-refractivity contribution >= 4 is 5.91 Å². The number of rotatable bonds is 7. The van der Waals surface area contributed by atoms with E-state index < -0.39 is 98.7 Å². The second-order valence-electron chi connectivity index (χ2n) is 8.01. The van der Waals surface area contributed by atoms with Crippen LogP contribution < -0.4 is 5.32 Å². The highest BCUT2D eigenvalue weighted by Gasteiger charge is 2.56. The number of nitrogens with one attached hydrogen (secondary N) is 1. The van der Waals surface area contributed by atoms with Crippen LogP contribution in [-0.4, -0.2) is 132 Å². The van der Waals surface area contributed by atoms with Gasteiger partial charge in [-0.3, -0.25) is 4.79 Å². The summed E-state index contributed by atoms with van der Waals surface area (Å²) in [7, 11) is 0. The van der Waals surface area contributed by atoms with Crippen LogP contribution in [0.25, 0.3) is 0 Å². The highest BCUT2D eigenvalue weighted by molar-refractivity contribution is 5.73. The number of aliphatic hydroxyl groups excluding tert-OH is 7. The second-order valence-corrected chi connectivity index (χ2v) is 8.01. The number of carbonyl (C=O) groups is 1. The van der Waals surface area contributed by atoms with Gasteiger partial charge in [0.1, 0.15) is 42.2 Å². The highest BCUT2D eigenvalue weighted by Crippen LogP contribution is 2.39. The summed E-state index contributed by atoms with van der Waals surface area (Å²) in [5.74, 6) is -2.99. The van der Waals surface area contributed by atoms with E-state index in [2.05, 4.69) is 5.32 Å². The average molecular weight is 441 g/mol. The minimum atomic E-state index is -2.39. The van der Waals surface area contributed by atoms with Gasteiger partial charge in [-0.15, -0.1) is 0 Å². The molecule has 176 valence electrons. The van der Waals surface area contributed by atoms with Crippen LogP contribution in [0, 0.1) is 0 Å². The molecule has 2 aliphatic heterocycles. The van der Waals surface area contributed by atoms with Gasteiger partial charge < -0.3 is 60.7 Å². The average Bonchev–Trinajstić information content (AvgIpc) is 2.66. The third-order valence-corrected chi connectivity index (χ3v) is 5.50. The smallest absolute Gasteiger partial charge is 0.217 e. The van der Waals surface area contributed by atoms with E-state index in [0.29, 0.717) is 0 Å². The zero-order chi connectivity index (χ0) is 22.9. The van der Waals surface area contributed by atoms with Crippen LogP contribution in [0.1, 0.15) is 19.8 Å². The molecule has 1 amide bonds. The molecule has 10 atom stereocenters. The number of hydrogen-bond acceptors (Lipinski definition) is 12. The topological polar surface area (TPSA) is 230 Å². The molecule has 13 nitrogen and oxygen atoms in total. The Morgan fingerprint density at radius 2 is 1.83 bits per heavy atom. The van der Waals surface area contributed by atoms with Gasteiger partial charge in [0.15, 0.2) is 5.79 Å². The van der Waals surface area contributed by atoms with Crippen molar-refractivity contribution in [3.8, 4) is 0 Å². The largest absolute Gasteiger partial charge is 0.394 e. The molecule has 2 fully saturated rings. The van der Waals surface area contributed by atoms with Crippen molar-refractivity contribution in [2.24, 2.45) is 0 Å². The van der Waals surface area contributed by atoms with Crippen LogP contribution in [0.3, 0.4) is 0 Å². The summed E-state index contributed by atoms with van der Waals surface area (Å²) in [5, 5.41) is 93.1. The van der Waals surface area contributed by atoms with Crippen LogP contribution in [0.4, 0.5) is 0 Å². The van der Waals surface area contributed by atoms with Crippen molar-refractivity contribution < 1.29 is 60.2 Å². The molecule has 0 unspecified atom stereocenters. The first-order chi connectivity index (χ1) is 13.9. The molecule has 0 aromatic carbocycles. The Bertz CT molecular complexity index is 595. The van der Waals surface area contributed by atoms with Crippen molar-refractivity contribution in [3.05, 3.63) is 0 Å². The minimum Gasteiger partial charge on any atom is -0.394 e. The molecule has 0 aliphatic carbocycles. The van der Waals surface area contributed by atoms with Gasteiger partial charge in [0.05, 0.1) is 32.0 Å². The Balaban J connectivity index is 2.26. The summed E-state index contributed by atoms with van der Waals surface area (Å²) in [5.41, 5.74) is -2.26. The van der Waals surface area contributed by atoms with Crippen LogP contribution >= 0.6 is 0 Å². The zero-order valence-electron chi connectivity index (χ0n) is 16.4. The van der Waals surface area contributed by atoms with Crippen molar-refractivity contribution in [1.82, 2.24) is 5.32 Å². The SMILES string of the molecule is CC(=O)N[C@H]1[C@H]([C@H](O)[C@H](O)CO)O[C@](O)(C[C@]2(O)CO[C@H](CO)[C@H](O)[C@@H]2O)C[C@@H]1O. The lowest BCUT2D eigenvalue weighted by molar-refractivity contribution is -0.334. The molecule has 10 N–H and O–H groups in total. The summed E-state index contributed by atoms with van der Waals surface area (Å²) in [6.45, 7) is -0.969. The van der Waals surface area contributed by atoms with E-state index in [1.54, 1.807) is 0 Å². The van der Waals surface area contributed by atoms with Gasteiger partial charge in [-0.25, -0.2) is 0 Å². The van der Waals surface area contributed by atoms with E-state index in [4.69, 9.17) is 19.7 Å². The van der Waals surface area contributed by atoms with E-state index in [0.717, 1.165) is 6.92 Å². The maximum absolute atomic E-state index is 11.5. The Kier molecular flexibility index (Phi) is 8.15. The zero-order valence-corrected chi connectivity index (χ0v) is 16.4. The normalized spacial score (nSPS) is 44.3. The molecular weight excluding hydrogens is 410 g/mol. The Morgan fingerprint density at radius 1 is 1.20 bits per heavy atom. The molecule has 2 saturated heterocycles. The Morgan fingerprint density at radius 3 is 2.37 bits per heavy atom. The molecular formula is C17H31NO12. The van der Waals surface area contributed by atoms with Crippen LogP contribution in [0.5, 0.6) is 0 Å². The predicted octanol–water partition coefficient (Wildman–Crippen LogP) is -5.72. The van der Waals surface area contributed by atoms with E-state index in [-0.39, 0.29) is 0 Å². The molecule has 30 heavy (non-hydrogen) atoms. The predicted molar refractivity (Wildman–Crippen MR) is 95.6 cm³/mol. The third-order valence-electron chi connectivity index (χ3n) is 5.50. The summed E-state index contributed by atoms with van der Waals surface area (Å²) >= 11 is 0. The van der Waals surface area contributed by atoms with Crippen LogP contribution in [-0.2, 0) is 14.3 Å². The van der Waals surface area contributed by atoms with Gasteiger partial charge in [-0.1, -0.05) is 0 Å². The van der Waals surface area contributed by atoms with Gasteiger partial charge in [0, 0.05) is 19.8 Å². The maximum atomic E-state index is 11.5. The third kappa shape index (κ3) is 5.26. The number of hydrogen-bond donors (Lipinski definition) is 10. The molecule has 13 heteroatoms. The number of carbonyl (C=O) groups excluding carboxylic acids is 1. The first kappa shape index (κ1) is 25.3. The van der Waals surface area contributed by atoms with Gasteiger partial charge in [-0.2, -0.15) is 0 Å². The molecule has 0 bridgehead atoms. The first-order valence-corrected chi connectivity index (χ1v) is 9.51. The molecule has 2 rings (SSSR count). The quantitative estimate of drug-likeness (QED) is 0.178. The summed E-state index contributed by atoms with van der Waals surface area (Å²) in [4.78, 5) is 11.5. The monoisotopic (exact) mass is 441 g/mol. The molecule has 0 radical (unpaired) electrons. The van der Waals surface area contributed by atoms with Crippen molar-refractivity contribution in [2.75, 3.05) is 19.8 Å². The van der Waals surface area contributed by atoms with Crippen LogP contribution in [0.15, 0.2) is 0 Å². The lowest BCUT2D eigenvalue weighted by atomic mass is 9.79. The fraction of sp³-hybridized carbons (Fsp3) is 0.941.